The largest absolute Gasteiger partial charge is 0.340 e. The van der Waals surface area contributed by atoms with Crippen LogP contribution in [0.4, 0.5) is 5.69 Å². The predicted octanol–water partition coefficient (Wildman–Crippen LogP) is 2.19. The van der Waals surface area contributed by atoms with E-state index in [0.29, 0.717) is 5.69 Å². The quantitative estimate of drug-likeness (QED) is 0.730. The molecule has 0 amide bonds. The summed E-state index contributed by atoms with van der Waals surface area (Å²) in [4.78, 5) is 16.0. The molecule has 0 N–H and O–H groups in total. The molecule has 16 heavy (non-hydrogen) atoms. The highest BCUT2D eigenvalue weighted by atomic mass is 16.7. The second-order valence-corrected chi connectivity index (χ2v) is 3.55. The molecular formula is C12H14N2O2. The summed E-state index contributed by atoms with van der Waals surface area (Å²) in [5.41, 5.74) is 1.74. The van der Waals surface area contributed by atoms with Gasteiger partial charge in [0.1, 0.15) is 0 Å². The molecule has 0 radical (unpaired) electrons. The van der Waals surface area contributed by atoms with Gasteiger partial charge in [-0.05, 0) is 31.5 Å². The molecule has 0 saturated carbocycles. The van der Waals surface area contributed by atoms with Crippen LogP contribution in [-0.4, -0.2) is 12.0 Å². The van der Waals surface area contributed by atoms with E-state index in [4.69, 9.17) is 10.1 Å². The Hall–Kier alpha value is -2.02. The van der Waals surface area contributed by atoms with Crippen LogP contribution in [0.5, 0.6) is 0 Å². The molecule has 1 atom stereocenters. The maximum Gasteiger partial charge on any atom is 0.329 e. The molecular weight excluding hydrogens is 204 g/mol. The lowest BCUT2D eigenvalue weighted by atomic mass is 10.2. The van der Waals surface area contributed by atoms with Gasteiger partial charge in [0.15, 0.2) is 6.04 Å². The van der Waals surface area contributed by atoms with Crippen LogP contribution in [0.2, 0.25) is 0 Å². The van der Waals surface area contributed by atoms with E-state index in [1.807, 2.05) is 31.2 Å². The predicted molar refractivity (Wildman–Crippen MR) is 60.5 cm³/mol. The van der Waals surface area contributed by atoms with Gasteiger partial charge >= 0.3 is 5.97 Å². The summed E-state index contributed by atoms with van der Waals surface area (Å²) >= 11 is 0. The molecule has 0 aromatic heterocycles. The third-order valence-electron chi connectivity index (χ3n) is 2.02. The zero-order valence-corrected chi connectivity index (χ0v) is 9.60. The fourth-order valence-corrected chi connectivity index (χ4v) is 1.31. The van der Waals surface area contributed by atoms with Crippen LogP contribution in [0.1, 0.15) is 19.4 Å². The highest BCUT2D eigenvalue weighted by Gasteiger charge is 2.17. The van der Waals surface area contributed by atoms with Crippen molar-refractivity contribution < 1.29 is 9.63 Å². The molecule has 0 saturated heterocycles. The molecule has 0 aliphatic heterocycles. The zero-order chi connectivity index (χ0) is 12.1. The van der Waals surface area contributed by atoms with Crippen LogP contribution in [-0.2, 0) is 9.63 Å². The van der Waals surface area contributed by atoms with Gasteiger partial charge < -0.3 is 4.84 Å². The maximum atomic E-state index is 11.0. The van der Waals surface area contributed by atoms with Gasteiger partial charge in [0.2, 0.25) is 0 Å². The van der Waals surface area contributed by atoms with Gasteiger partial charge in [0.25, 0.3) is 0 Å². The van der Waals surface area contributed by atoms with Crippen LogP contribution in [0.15, 0.2) is 24.3 Å². The first kappa shape index (κ1) is 12.1. The van der Waals surface area contributed by atoms with E-state index in [1.54, 1.807) is 13.0 Å². The second kappa shape index (κ2) is 5.17. The molecule has 84 valence electrons. The van der Waals surface area contributed by atoms with Crippen LogP contribution in [0.25, 0.3) is 0 Å². The smallest absolute Gasteiger partial charge is 0.329 e. The van der Waals surface area contributed by atoms with Crippen molar-refractivity contribution in [2.24, 2.45) is 0 Å². The molecule has 1 rings (SSSR count). The van der Waals surface area contributed by atoms with E-state index < -0.39 is 12.0 Å². The standard InChI is InChI=1S/C12H14N2O2/c1-9-5-4-6-12(7-9)14(10(2)8-13)16-11(3)15/h4-7,10H,1-3H3. The lowest BCUT2D eigenvalue weighted by Gasteiger charge is -2.24. The number of nitriles is 1. The molecule has 0 aliphatic carbocycles. The normalized spacial score (nSPS) is 11.4. The minimum atomic E-state index is -0.523. The van der Waals surface area contributed by atoms with E-state index in [9.17, 15) is 4.79 Å². The van der Waals surface area contributed by atoms with Crippen molar-refractivity contribution in [3.63, 3.8) is 0 Å². The Morgan fingerprint density at radius 1 is 1.56 bits per heavy atom. The van der Waals surface area contributed by atoms with Gasteiger partial charge in [-0.1, -0.05) is 12.1 Å². The molecule has 0 bridgehead atoms. The van der Waals surface area contributed by atoms with Crippen molar-refractivity contribution in [2.45, 2.75) is 26.8 Å². The van der Waals surface area contributed by atoms with E-state index >= 15 is 0 Å². The van der Waals surface area contributed by atoms with Crippen molar-refractivity contribution >= 4 is 11.7 Å². The Balaban J connectivity index is 3.01. The van der Waals surface area contributed by atoms with Gasteiger partial charge in [0, 0.05) is 6.92 Å². The molecule has 4 nitrogen and oxygen atoms in total. The summed E-state index contributed by atoms with van der Waals surface area (Å²) in [6, 6.07) is 8.96. The van der Waals surface area contributed by atoms with Crippen LogP contribution in [0, 0.1) is 18.3 Å². The fourth-order valence-electron chi connectivity index (χ4n) is 1.31. The molecule has 1 aromatic carbocycles. The highest BCUT2D eigenvalue weighted by molar-refractivity contribution is 5.68. The number of benzene rings is 1. The summed E-state index contributed by atoms with van der Waals surface area (Å²) in [6.45, 7) is 4.92. The molecule has 4 heteroatoms. The first-order valence-electron chi connectivity index (χ1n) is 4.98. The lowest BCUT2D eigenvalue weighted by Crippen LogP contribution is -2.33. The second-order valence-electron chi connectivity index (χ2n) is 3.55. The van der Waals surface area contributed by atoms with E-state index in [-0.39, 0.29) is 0 Å². The van der Waals surface area contributed by atoms with Gasteiger partial charge in [-0.25, -0.2) is 0 Å². The van der Waals surface area contributed by atoms with Gasteiger partial charge in [-0.3, -0.25) is 4.79 Å². The Labute approximate surface area is 95.0 Å². The third-order valence-corrected chi connectivity index (χ3v) is 2.02. The van der Waals surface area contributed by atoms with Gasteiger partial charge in [-0.15, -0.1) is 0 Å². The molecule has 0 spiro atoms. The number of nitrogens with zero attached hydrogens (tertiary/aromatic N) is 2. The monoisotopic (exact) mass is 218 g/mol. The maximum absolute atomic E-state index is 11.0. The van der Waals surface area contributed by atoms with E-state index in [1.165, 1.54) is 12.0 Å². The number of carbonyl (C=O) groups is 1. The average molecular weight is 218 g/mol. The number of aryl methyl sites for hydroxylation is 1. The molecule has 0 aliphatic rings. The van der Waals surface area contributed by atoms with Crippen LogP contribution >= 0.6 is 0 Å². The van der Waals surface area contributed by atoms with Crippen molar-refractivity contribution in [3.8, 4) is 6.07 Å². The number of hydrogen-bond acceptors (Lipinski definition) is 4. The van der Waals surface area contributed by atoms with E-state index in [2.05, 4.69) is 0 Å². The Bertz CT molecular complexity index is 423. The molecule has 0 fully saturated rings. The topological polar surface area (TPSA) is 53.3 Å². The minimum absolute atomic E-state index is 0.441. The molecule has 1 unspecified atom stereocenters. The average Bonchev–Trinajstić information content (AvgIpc) is 2.24. The number of anilines is 1. The first-order valence-corrected chi connectivity index (χ1v) is 4.98. The zero-order valence-electron chi connectivity index (χ0n) is 9.60. The lowest BCUT2D eigenvalue weighted by molar-refractivity contribution is -0.142. The molecule has 1 aromatic rings. The number of hydrogen-bond donors (Lipinski definition) is 0. The Kier molecular flexibility index (Phi) is 3.90. The molecule has 0 heterocycles. The van der Waals surface area contributed by atoms with Crippen molar-refractivity contribution in [1.29, 1.82) is 5.26 Å². The summed E-state index contributed by atoms with van der Waals surface area (Å²) in [5, 5.41) is 10.2. The summed E-state index contributed by atoms with van der Waals surface area (Å²) in [7, 11) is 0. The minimum Gasteiger partial charge on any atom is -0.340 e. The van der Waals surface area contributed by atoms with Gasteiger partial charge in [-0.2, -0.15) is 10.3 Å². The Morgan fingerprint density at radius 3 is 2.75 bits per heavy atom. The number of rotatable bonds is 3. The van der Waals surface area contributed by atoms with Crippen molar-refractivity contribution in [2.75, 3.05) is 5.06 Å². The number of hydroxylamine groups is 1. The van der Waals surface area contributed by atoms with Gasteiger partial charge in [0.05, 0.1) is 11.8 Å². The fraction of sp³-hybridized carbons (Fsp3) is 0.333. The summed E-state index contributed by atoms with van der Waals surface area (Å²) in [5.74, 6) is -0.441. The summed E-state index contributed by atoms with van der Waals surface area (Å²) < 4.78 is 0. The van der Waals surface area contributed by atoms with Crippen LogP contribution in [0.3, 0.4) is 0 Å². The van der Waals surface area contributed by atoms with E-state index in [0.717, 1.165) is 5.56 Å². The van der Waals surface area contributed by atoms with Crippen LogP contribution < -0.4 is 5.06 Å². The van der Waals surface area contributed by atoms with Crippen molar-refractivity contribution in [3.05, 3.63) is 29.8 Å². The first-order chi connectivity index (χ1) is 7.54. The SMILES string of the molecule is CC(=O)ON(c1cccc(C)c1)C(C)C#N. The Morgan fingerprint density at radius 2 is 2.25 bits per heavy atom. The highest BCUT2D eigenvalue weighted by Crippen LogP contribution is 2.18. The van der Waals surface area contributed by atoms with Crippen molar-refractivity contribution in [1.82, 2.24) is 0 Å². The summed E-state index contributed by atoms with van der Waals surface area (Å²) in [6.07, 6.45) is 0. The number of carbonyl (C=O) groups excluding carboxylic acids is 1. The third kappa shape index (κ3) is 2.99.